The lowest BCUT2D eigenvalue weighted by molar-refractivity contribution is -0.873. The number of hydrogen-bond acceptors (Lipinski definition) is 3. The molecule has 4 heteroatoms. The highest BCUT2D eigenvalue weighted by Crippen LogP contribution is 2.01. The van der Waals surface area contributed by atoms with Crippen LogP contribution in [0.3, 0.4) is 0 Å². The summed E-state index contributed by atoms with van der Waals surface area (Å²) in [4.78, 5) is 10.9. The quantitative estimate of drug-likeness (QED) is 0.306. The lowest BCUT2D eigenvalue weighted by Gasteiger charge is -2.27. The molecular formula is C9H18NO3+. The first-order valence-electron chi connectivity index (χ1n) is 4.11. The van der Waals surface area contributed by atoms with Gasteiger partial charge in [-0.25, -0.2) is 4.79 Å². The Bertz CT molecular complexity index is 205. The topological polar surface area (TPSA) is 46.5 Å². The predicted molar refractivity (Wildman–Crippen MR) is 50.2 cm³/mol. The number of hydrogen-bond donors (Lipinski definition) is 1. The summed E-state index contributed by atoms with van der Waals surface area (Å²) >= 11 is 0. The van der Waals surface area contributed by atoms with Crippen molar-refractivity contribution in [2.24, 2.45) is 0 Å². The van der Waals surface area contributed by atoms with E-state index in [9.17, 15) is 4.79 Å². The van der Waals surface area contributed by atoms with Crippen LogP contribution < -0.4 is 0 Å². The molecule has 76 valence electrons. The SMILES string of the molecule is C=C(O)C(=O)OC(C)C[N+](C)(C)C. The van der Waals surface area contributed by atoms with Gasteiger partial charge in [0.15, 0.2) is 5.76 Å². The van der Waals surface area contributed by atoms with Gasteiger partial charge in [-0.05, 0) is 13.5 Å². The van der Waals surface area contributed by atoms with Gasteiger partial charge < -0.3 is 14.3 Å². The van der Waals surface area contributed by atoms with Gasteiger partial charge in [-0.2, -0.15) is 0 Å². The molecule has 0 amide bonds. The van der Waals surface area contributed by atoms with Crippen molar-refractivity contribution < 1.29 is 19.1 Å². The molecule has 13 heavy (non-hydrogen) atoms. The first-order chi connectivity index (χ1) is 5.72. The Morgan fingerprint density at radius 3 is 2.31 bits per heavy atom. The van der Waals surface area contributed by atoms with Crippen molar-refractivity contribution in [1.82, 2.24) is 0 Å². The number of carbonyl (C=O) groups is 1. The molecule has 0 aromatic heterocycles. The Balaban J connectivity index is 3.95. The van der Waals surface area contributed by atoms with Crippen molar-refractivity contribution in [3.8, 4) is 0 Å². The fourth-order valence-corrected chi connectivity index (χ4v) is 1.06. The molecule has 0 aromatic rings. The number of carbonyl (C=O) groups excluding carboxylic acids is 1. The van der Waals surface area contributed by atoms with Crippen molar-refractivity contribution in [3.05, 3.63) is 12.3 Å². The largest absolute Gasteiger partial charge is 0.502 e. The van der Waals surface area contributed by atoms with Crippen molar-refractivity contribution in [2.75, 3.05) is 27.7 Å². The number of nitrogens with zero attached hydrogens (tertiary/aromatic N) is 1. The van der Waals surface area contributed by atoms with Gasteiger partial charge in [-0.1, -0.05) is 0 Å². The summed E-state index contributed by atoms with van der Waals surface area (Å²) < 4.78 is 5.58. The maximum atomic E-state index is 10.9. The highest BCUT2D eigenvalue weighted by atomic mass is 16.6. The van der Waals surface area contributed by atoms with Gasteiger partial charge >= 0.3 is 5.97 Å². The fraction of sp³-hybridized carbons (Fsp3) is 0.667. The minimum absolute atomic E-state index is 0.226. The molecule has 1 N–H and O–H groups in total. The fourth-order valence-electron chi connectivity index (χ4n) is 1.06. The molecule has 0 radical (unpaired) electrons. The molecule has 1 atom stereocenters. The summed E-state index contributed by atoms with van der Waals surface area (Å²) in [5.74, 6) is -1.30. The van der Waals surface area contributed by atoms with Gasteiger partial charge in [0.2, 0.25) is 0 Å². The third-order valence-corrected chi connectivity index (χ3v) is 1.35. The van der Waals surface area contributed by atoms with E-state index in [1.165, 1.54) is 0 Å². The standard InChI is InChI=1S/C9H17NO3/c1-7(6-10(3,4)5)13-9(12)8(2)11/h7H,2,6H2,1,3-5H3/p+1. The Hall–Kier alpha value is -1.03. The Kier molecular flexibility index (Phi) is 3.94. The van der Waals surface area contributed by atoms with Crippen LogP contribution in [0.25, 0.3) is 0 Å². The van der Waals surface area contributed by atoms with E-state index in [0.29, 0.717) is 11.0 Å². The number of ether oxygens (including phenoxy) is 1. The molecule has 0 saturated heterocycles. The molecule has 0 bridgehead atoms. The van der Waals surface area contributed by atoms with E-state index in [1.54, 1.807) is 6.92 Å². The third kappa shape index (κ3) is 6.16. The maximum Gasteiger partial charge on any atom is 0.373 e. The molecule has 0 heterocycles. The van der Waals surface area contributed by atoms with Crippen LogP contribution in [0.1, 0.15) is 6.92 Å². The van der Waals surface area contributed by atoms with E-state index in [2.05, 4.69) is 6.58 Å². The molecule has 0 spiro atoms. The summed E-state index contributed by atoms with van der Waals surface area (Å²) in [5, 5.41) is 8.69. The highest BCUT2D eigenvalue weighted by Gasteiger charge is 2.18. The van der Waals surface area contributed by atoms with E-state index in [-0.39, 0.29) is 6.10 Å². The number of aliphatic hydroxyl groups is 1. The first kappa shape index (κ1) is 12.0. The average molecular weight is 188 g/mol. The van der Waals surface area contributed by atoms with E-state index >= 15 is 0 Å². The zero-order chi connectivity index (χ0) is 10.6. The van der Waals surface area contributed by atoms with Crippen molar-refractivity contribution in [3.63, 3.8) is 0 Å². The van der Waals surface area contributed by atoms with E-state index in [1.807, 2.05) is 21.1 Å². The van der Waals surface area contributed by atoms with E-state index < -0.39 is 11.7 Å². The number of esters is 1. The van der Waals surface area contributed by atoms with Gasteiger partial charge in [0.25, 0.3) is 0 Å². The molecule has 0 rings (SSSR count). The van der Waals surface area contributed by atoms with Crippen LogP contribution in [0.2, 0.25) is 0 Å². The smallest absolute Gasteiger partial charge is 0.373 e. The second-order valence-electron chi connectivity index (χ2n) is 4.14. The van der Waals surface area contributed by atoms with Crippen LogP contribution in [0.15, 0.2) is 12.3 Å². The van der Waals surface area contributed by atoms with Crippen LogP contribution >= 0.6 is 0 Å². The summed E-state index contributed by atoms with van der Waals surface area (Å²) in [6.07, 6.45) is -0.226. The van der Waals surface area contributed by atoms with Crippen molar-refractivity contribution in [2.45, 2.75) is 13.0 Å². The second-order valence-corrected chi connectivity index (χ2v) is 4.14. The van der Waals surface area contributed by atoms with Crippen molar-refractivity contribution in [1.29, 1.82) is 0 Å². The molecule has 0 fully saturated rings. The average Bonchev–Trinajstić information content (AvgIpc) is 1.81. The van der Waals surface area contributed by atoms with E-state index in [0.717, 1.165) is 0 Å². The third-order valence-electron chi connectivity index (χ3n) is 1.35. The molecule has 0 saturated carbocycles. The monoisotopic (exact) mass is 188 g/mol. The van der Waals surface area contributed by atoms with Gasteiger partial charge in [-0.15, -0.1) is 0 Å². The molecule has 0 aromatic carbocycles. The lowest BCUT2D eigenvalue weighted by Crippen LogP contribution is -2.42. The van der Waals surface area contributed by atoms with Crippen LogP contribution in [-0.2, 0) is 9.53 Å². The van der Waals surface area contributed by atoms with Gasteiger partial charge in [0, 0.05) is 0 Å². The molecule has 0 aliphatic rings. The van der Waals surface area contributed by atoms with Gasteiger partial charge in [0.1, 0.15) is 12.6 Å². The molecule has 1 unspecified atom stereocenters. The van der Waals surface area contributed by atoms with E-state index in [4.69, 9.17) is 9.84 Å². The normalized spacial score (nSPS) is 13.5. The number of likely N-dealkylation sites (N-methyl/N-ethyl adjacent to an activating group) is 1. The van der Waals surface area contributed by atoms with Crippen LogP contribution in [0.4, 0.5) is 0 Å². The maximum absolute atomic E-state index is 10.9. The zero-order valence-corrected chi connectivity index (χ0v) is 8.70. The zero-order valence-electron chi connectivity index (χ0n) is 8.70. The minimum atomic E-state index is -0.749. The van der Waals surface area contributed by atoms with Gasteiger partial charge in [-0.3, -0.25) is 0 Å². The second kappa shape index (κ2) is 4.28. The lowest BCUT2D eigenvalue weighted by atomic mass is 10.3. The highest BCUT2D eigenvalue weighted by molar-refractivity contribution is 5.85. The van der Waals surface area contributed by atoms with Crippen LogP contribution in [0.5, 0.6) is 0 Å². The summed E-state index contributed by atoms with van der Waals surface area (Å²) in [7, 11) is 5.99. The summed E-state index contributed by atoms with van der Waals surface area (Å²) in [6.45, 7) is 5.56. The molecular weight excluding hydrogens is 170 g/mol. The number of aliphatic hydroxyl groups excluding tert-OH is 1. The molecule has 4 nitrogen and oxygen atoms in total. The van der Waals surface area contributed by atoms with Gasteiger partial charge in [0.05, 0.1) is 21.1 Å². The first-order valence-corrected chi connectivity index (χ1v) is 4.11. The summed E-state index contributed by atoms with van der Waals surface area (Å²) in [6, 6.07) is 0. The van der Waals surface area contributed by atoms with Crippen LogP contribution in [-0.4, -0.2) is 49.4 Å². The molecule has 0 aliphatic heterocycles. The Morgan fingerprint density at radius 1 is 1.54 bits per heavy atom. The summed E-state index contributed by atoms with van der Waals surface area (Å²) in [5.41, 5.74) is 0. The molecule has 0 aliphatic carbocycles. The minimum Gasteiger partial charge on any atom is -0.502 e. The number of quaternary nitrogens is 1. The number of rotatable bonds is 4. The van der Waals surface area contributed by atoms with Crippen molar-refractivity contribution >= 4 is 5.97 Å². The van der Waals surface area contributed by atoms with Crippen LogP contribution in [0, 0.1) is 0 Å². The predicted octanol–water partition coefficient (Wildman–Crippen LogP) is 0.696. The Morgan fingerprint density at radius 2 is 2.00 bits per heavy atom. The Labute approximate surface area is 79.0 Å².